The molecule has 1 fully saturated rings. The van der Waals surface area contributed by atoms with Gasteiger partial charge in [0.15, 0.2) is 0 Å². The van der Waals surface area contributed by atoms with Gasteiger partial charge in [-0.1, -0.05) is 41.9 Å². The summed E-state index contributed by atoms with van der Waals surface area (Å²) in [5, 5.41) is 2.05. The molecular formula is C23H25ClN2O. The van der Waals surface area contributed by atoms with Gasteiger partial charge in [-0.2, -0.15) is 0 Å². The number of carbonyl (C=O) groups excluding carboxylic acids is 1. The van der Waals surface area contributed by atoms with E-state index in [-0.39, 0.29) is 0 Å². The van der Waals surface area contributed by atoms with E-state index in [1.807, 2.05) is 23.1 Å². The highest BCUT2D eigenvalue weighted by atomic mass is 35.5. The van der Waals surface area contributed by atoms with Gasteiger partial charge in [-0.15, -0.1) is 0 Å². The van der Waals surface area contributed by atoms with Gasteiger partial charge >= 0.3 is 0 Å². The molecule has 1 aliphatic rings. The summed E-state index contributed by atoms with van der Waals surface area (Å²) in [5.74, 6) is 0.835. The number of piperidine rings is 1. The van der Waals surface area contributed by atoms with Crippen LogP contribution < -0.4 is 0 Å². The Kier molecular flexibility index (Phi) is 5.49. The van der Waals surface area contributed by atoms with Crippen LogP contribution >= 0.6 is 11.6 Å². The van der Waals surface area contributed by atoms with Crippen LogP contribution in [0.15, 0.2) is 54.7 Å². The molecule has 3 nitrogen and oxygen atoms in total. The molecule has 1 amide bonds. The average Bonchev–Trinajstić information content (AvgIpc) is 3.12. The number of nitrogens with zero attached hydrogens (tertiary/aromatic N) is 1. The first kappa shape index (κ1) is 18.1. The van der Waals surface area contributed by atoms with E-state index >= 15 is 0 Å². The molecule has 1 N–H and O–H groups in total. The van der Waals surface area contributed by atoms with Crippen LogP contribution in [0.5, 0.6) is 0 Å². The van der Waals surface area contributed by atoms with E-state index in [4.69, 9.17) is 11.6 Å². The van der Waals surface area contributed by atoms with E-state index in [0.717, 1.165) is 43.8 Å². The van der Waals surface area contributed by atoms with E-state index in [1.54, 1.807) is 0 Å². The number of rotatable bonds is 5. The van der Waals surface area contributed by atoms with Crippen LogP contribution in [0.25, 0.3) is 10.9 Å². The summed E-state index contributed by atoms with van der Waals surface area (Å²) in [6, 6.07) is 16.5. The summed E-state index contributed by atoms with van der Waals surface area (Å²) in [5.41, 5.74) is 3.81. The molecule has 0 bridgehead atoms. The second-order valence-electron chi connectivity index (χ2n) is 7.42. The number of aromatic amines is 1. The van der Waals surface area contributed by atoms with Gasteiger partial charge in [0.1, 0.15) is 0 Å². The van der Waals surface area contributed by atoms with Gasteiger partial charge in [-0.05, 0) is 60.9 Å². The van der Waals surface area contributed by atoms with Crippen molar-refractivity contribution < 1.29 is 4.79 Å². The number of hydrogen-bond acceptors (Lipinski definition) is 1. The molecular weight excluding hydrogens is 356 g/mol. The van der Waals surface area contributed by atoms with Crippen molar-refractivity contribution in [2.45, 2.75) is 38.0 Å². The number of carbonyl (C=O) groups is 1. The molecule has 27 heavy (non-hydrogen) atoms. The Hall–Kier alpha value is -2.26. The second kappa shape index (κ2) is 8.18. The number of aryl methyl sites for hydroxylation is 1. The van der Waals surface area contributed by atoms with Crippen LogP contribution in [0.4, 0.5) is 0 Å². The SMILES string of the molecule is O=C(CCCc1c[nH]c2ccccc12)N1CCC(c2ccc(Cl)cc2)CC1. The lowest BCUT2D eigenvalue weighted by molar-refractivity contribution is -0.132. The number of aromatic nitrogens is 1. The van der Waals surface area contributed by atoms with Crippen LogP contribution in [-0.4, -0.2) is 28.9 Å². The third kappa shape index (κ3) is 4.19. The van der Waals surface area contributed by atoms with Crippen LogP contribution in [0.1, 0.15) is 42.7 Å². The number of amides is 1. The van der Waals surface area contributed by atoms with E-state index in [2.05, 4.69) is 41.5 Å². The summed E-state index contributed by atoms with van der Waals surface area (Å²) in [6.07, 6.45) is 6.62. The maximum absolute atomic E-state index is 12.6. The van der Waals surface area contributed by atoms with Gasteiger partial charge in [0, 0.05) is 41.6 Å². The van der Waals surface area contributed by atoms with Gasteiger partial charge < -0.3 is 9.88 Å². The largest absolute Gasteiger partial charge is 0.361 e. The lowest BCUT2D eigenvalue weighted by Crippen LogP contribution is -2.37. The fourth-order valence-corrected chi connectivity index (χ4v) is 4.25. The molecule has 1 aromatic heterocycles. The zero-order valence-corrected chi connectivity index (χ0v) is 16.2. The maximum atomic E-state index is 12.6. The highest BCUT2D eigenvalue weighted by Gasteiger charge is 2.23. The highest BCUT2D eigenvalue weighted by Crippen LogP contribution is 2.29. The standard InChI is InChI=1S/C23H25ClN2O/c24-20-10-8-17(9-11-20)18-12-14-26(15-13-18)23(27)7-3-4-19-16-25-22-6-2-1-5-21(19)22/h1-2,5-6,8-11,16,18,25H,3-4,7,12-15H2. The summed E-state index contributed by atoms with van der Waals surface area (Å²) < 4.78 is 0. The number of para-hydroxylation sites is 1. The molecule has 0 aliphatic carbocycles. The van der Waals surface area contributed by atoms with E-state index in [9.17, 15) is 4.79 Å². The molecule has 1 saturated heterocycles. The Balaban J connectivity index is 1.25. The van der Waals surface area contributed by atoms with E-state index in [1.165, 1.54) is 22.0 Å². The smallest absolute Gasteiger partial charge is 0.222 e. The molecule has 0 unspecified atom stereocenters. The Bertz CT molecular complexity index is 908. The zero-order valence-electron chi connectivity index (χ0n) is 15.5. The third-order valence-electron chi connectivity index (χ3n) is 5.70. The predicted molar refractivity (Wildman–Crippen MR) is 111 cm³/mol. The zero-order chi connectivity index (χ0) is 18.6. The first-order valence-electron chi connectivity index (χ1n) is 9.79. The van der Waals surface area contributed by atoms with E-state index in [0.29, 0.717) is 18.2 Å². The van der Waals surface area contributed by atoms with Gasteiger partial charge in [0.25, 0.3) is 0 Å². The number of hydrogen-bond donors (Lipinski definition) is 1. The Morgan fingerprint density at radius 2 is 1.81 bits per heavy atom. The summed E-state index contributed by atoms with van der Waals surface area (Å²) in [7, 11) is 0. The maximum Gasteiger partial charge on any atom is 0.222 e. The molecule has 0 radical (unpaired) electrons. The van der Waals surface area contributed by atoms with Crippen molar-refractivity contribution in [2.24, 2.45) is 0 Å². The number of halogens is 1. The van der Waals surface area contributed by atoms with Gasteiger partial charge in [0.05, 0.1) is 0 Å². The Labute approximate surface area is 165 Å². The monoisotopic (exact) mass is 380 g/mol. The van der Waals surface area contributed by atoms with Crippen LogP contribution in [0, 0.1) is 0 Å². The Morgan fingerprint density at radius 1 is 1.07 bits per heavy atom. The minimum atomic E-state index is 0.296. The number of H-pyrrole nitrogens is 1. The van der Waals surface area contributed by atoms with Crippen LogP contribution in [0.2, 0.25) is 5.02 Å². The lowest BCUT2D eigenvalue weighted by Gasteiger charge is -2.32. The molecule has 3 aromatic rings. The third-order valence-corrected chi connectivity index (χ3v) is 5.95. The molecule has 2 heterocycles. The number of likely N-dealkylation sites (tertiary alicyclic amines) is 1. The molecule has 0 saturated carbocycles. The molecule has 4 rings (SSSR count). The molecule has 0 spiro atoms. The van der Waals surface area contributed by atoms with Crippen molar-refractivity contribution in [3.05, 3.63) is 70.9 Å². The summed E-state index contributed by atoms with van der Waals surface area (Å²) >= 11 is 5.98. The summed E-state index contributed by atoms with van der Waals surface area (Å²) in [6.45, 7) is 1.72. The minimum Gasteiger partial charge on any atom is -0.361 e. The fraction of sp³-hybridized carbons (Fsp3) is 0.348. The van der Waals surface area contributed by atoms with Crippen molar-refractivity contribution in [3.8, 4) is 0 Å². The molecule has 0 atom stereocenters. The Morgan fingerprint density at radius 3 is 2.59 bits per heavy atom. The second-order valence-corrected chi connectivity index (χ2v) is 7.86. The van der Waals surface area contributed by atoms with Crippen LogP contribution in [0.3, 0.4) is 0 Å². The van der Waals surface area contributed by atoms with Crippen molar-refractivity contribution >= 4 is 28.4 Å². The van der Waals surface area contributed by atoms with Crippen molar-refractivity contribution in [2.75, 3.05) is 13.1 Å². The van der Waals surface area contributed by atoms with Crippen LogP contribution in [-0.2, 0) is 11.2 Å². The molecule has 2 aromatic carbocycles. The highest BCUT2D eigenvalue weighted by molar-refractivity contribution is 6.30. The summed E-state index contributed by atoms with van der Waals surface area (Å²) in [4.78, 5) is 17.9. The first-order chi connectivity index (χ1) is 13.2. The normalized spacial score (nSPS) is 15.4. The number of nitrogens with one attached hydrogen (secondary N) is 1. The molecule has 140 valence electrons. The predicted octanol–water partition coefficient (Wildman–Crippen LogP) is 5.55. The van der Waals surface area contributed by atoms with Gasteiger partial charge in [-0.25, -0.2) is 0 Å². The molecule has 4 heteroatoms. The topological polar surface area (TPSA) is 36.1 Å². The fourth-order valence-electron chi connectivity index (χ4n) is 4.12. The number of fused-ring (bicyclic) bond motifs is 1. The molecule has 1 aliphatic heterocycles. The first-order valence-corrected chi connectivity index (χ1v) is 10.2. The minimum absolute atomic E-state index is 0.296. The average molecular weight is 381 g/mol. The quantitative estimate of drug-likeness (QED) is 0.618. The van der Waals surface area contributed by atoms with Gasteiger partial charge in [-0.3, -0.25) is 4.79 Å². The van der Waals surface area contributed by atoms with Crippen molar-refractivity contribution in [1.82, 2.24) is 9.88 Å². The van der Waals surface area contributed by atoms with Crippen molar-refractivity contribution in [1.29, 1.82) is 0 Å². The lowest BCUT2D eigenvalue weighted by atomic mass is 9.89. The van der Waals surface area contributed by atoms with Gasteiger partial charge in [0.2, 0.25) is 5.91 Å². The number of benzene rings is 2. The van der Waals surface area contributed by atoms with Crippen molar-refractivity contribution in [3.63, 3.8) is 0 Å². The van der Waals surface area contributed by atoms with E-state index < -0.39 is 0 Å².